The van der Waals surface area contributed by atoms with Gasteiger partial charge in [0, 0.05) is 56.4 Å². The van der Waals surface area contributed by atoms with Crippen LogP contribution < -0.4 is 14.4 Å². The molecule has 1 aromatic carbocycles. The normalized spacial score (nSPS) is 18.1. The number of aromatic nitrogens is 2. The van der Waals surface area contributed by atoms with Crippen LogP contribution in [0.2, 0.25) is 0 Å². The summed E-state index contributed by atoms with van der Waals surface area (Å²) in [6.45, 7) is 11.9. The fourth-order valence-corrected chi connectivity index (χ4v) is 5.31. The van der Waals surface area contributed by atoms with Gasteiger partial charge < -0.3 is 14.4 Å². The number of unbranched alkanes of at least 4 members (excludes halogenated alkanes) is 1. The molecule has 0 N–H and O–H groups in total. The van der Waals surface area contributed by atoms with E-state index in [2.05, 4.69) is 40.7 Å². The molecule has 1 fully saturated rings. The van der Waals surface area contributed by atoms with Gasteiger partial charge in [0.2, 0.25) is 0 Å². The van der Waals surface area contributed by atoms with Crippen LogP contribution in [0.25, 0.3) is 0 Å². The molecule has 4 rings (SSSR count). The van der Waals surface area contributed by atoms with E-state index in [0.717, 1.165) is 69.4 Å². The highest BCUT2D eigenvalue weighted by molar-refractivity contribution is 5.51. The van der Waals surface area contributed by atoms with Crippen LogP contribution in [-0.4, -0.2) is 73.3 Å². The zero-order valence-corrected chi connectivity index (χ0v) is 20.7. The van der Waals surface area contributed by atoms with E-state index in [1.54, 1.807) is 20.5 Å². The first kappa shape index (κ1) is 23.8. The highest BCUT2D eigenvalue weighted by atomic mass is 16.5. The van der Waals surface area contributed by atoms with Gasteiger partial charge in [0.25, 0.3) is 0 Å². The van der Waals surface area contributed by atoms with Crippen molar-refractivity contribution < 1.29 is 9.47 Å². The fourth-order valence-electron chi connectivity index (χ4n) is 5.31. The molecule has 0 spiro atoms. The predicted molar refractivity (Wildman–Crippen MR) is 132 cm³/mol. The number of benzene rings is 1. The third-order valence-corrected chi connectivity index (χ3v) is 7.13. The first-order chi connectivity index (χ1) is 16.2. The number of hydrogen-bond donors (Lipinski definition) is 0. The Morgan fingerprint density at radius 3 is 2.52 bits per heavy atom. The Kier molecular flexibility index (Phi) is 8.04. The Morgan fingerprint density at radius 1 is 1.00 bits per heavy atom. The van der Waals surface area contributed by atoms with Gasteiger partial charge >= 0.3 is 0 Å². The van der Waals surface area contributed by atoms with Crippen LogP contribution in [0.4, 0.5) is 5.82 Å². The molecule has 0 radical (unpaired) electrons. The fraction of sp³-hybridized carbons (Fsp3) is 0.615. The second-order valence-electron chi connectivity index (χ2n) is 9.03. The molecule has 0 bridgehead atoms. The highest BCUT2D eigenvalue weighted by Crippen LogP contribution is 2.40. The van der Waals surface area contributed by atoms with Gasteiger partial charge in [0.15, 0.2) is 11.5 Å². The van der Waals surface area contributed by atoms with Crippen LogP contribution in [-0.2, 0) is 13.0 Å². The second kappa shape index (κ2) is 11.2. The lowest BCUT2D eigenvalue weighted by Gasteiger charge is -2.39. The van der Waals surface area contributed by atoms with Crippen molar-refractivity contribution in [2.75, 3.05) is 58.4 Å². The first-order valence-electron chi connectivity index (χ1n) is 12.4. The molecular formula is C26H39N5O2. The minimum absolute atomic E-state index is 0.253. The minimum Gasteiger partial charge on any atom is -0.493 e. The summed E-state index contributed by atoms with van der Waals surface area (Å²) in [5.74, 6) is 2.78. The molecule has 33 heavy (non-hydrogen) atoms. The van der Waals surface area contributed by atoms with Crippen LogP contribution in [0, 0.1) is 0 Å². The van der Waals surface area contributed by atoms with Gasteiger partial charge in [-0.1, -0.05) is 32.4 Å². The van der Waals surface area contributed by atoms with E-state index in [4.69, 9.17) is 19.4 Å². The van der Waals surface area contributed by atoms with E-state index >= 15 is 0 Å². The van der Waals surface area contributed by atoms with Gasteiger partial charge in [-0.3, -0.25) is 9.80 Å². The first-order valence-corrected chi connectivity index (χ1v) is 12.4. The van der Waals surface area contributed by atoms with Crippen LogP contribution in [0.3, 0.4) is 0 Å². The Balaban J connectivity index is 1.51. The highest BCUT2D eigenvalue weighted by Gasteiger charge is 2.30. The summed E-state index contributed by atoms with van der Waals surface area (Å²) in [4.78, 5) is 17.0. The van der Waals surface area contributed by atoms with Crippen molar-refractivity contribution in [2.24, 2.45) is 0 Å². The number of fused-ring (bicyclic) bond motifs is 1. The lowest BCUT2D eigenvalue weighted by molar-refractivity contribution is 0.167. The number of para-hydroxylation sites is 1. The largest absolute Gasteiger partial charge is 0.493 e. The molecular weight excluding hydrogens is 414 g/mol. The summed E-state index contributed by atoms with van der Waals surface area (Å²) in [5.41, 5.74) is 3.68. The van der Waals surface area contributed by atoms with E-state index in [9.17, 15) is 0 Å². The molecule has 2 aromatic rings. The van der Waals surface area contributed by atoms with Gasteiger partial charge in [-0.05, 0) is 31.9 Å². The summed E-state index contributed by atoms with van der Waals surface area (Å²) in [6.07, 6.45) is 6.28. The van der Waals surface area contributed by atoms with Crippen molar-refractivity contribution in [3.63, 3.8) is 0 Å². The minimum atomic E-state index is 0.253. The predicted octanol–water partition coefficient (Wildman–Crippen LogP) is 3.93. The van der Waals surface area contributed by atoms with Crippen molar-refractivity contribution in [1.29, 1.82) is 0 Å². The molecule has 2 aliphatic rings. The zero-order valence-electron chi connectivity index (χ0n) is 20.7. The maximum Gasteiger partial charge on any atom is 0.165 e. The van der Waals surface area contributed by atoms with Gasteiger partial charge in [-0.2, -0.15) is 0 Å². The number of nitrogens with zero attached hydrogens (tertiary/aromatic N) is 5. The van der Waals surface area contributed by atoms with Crippen molar-refractivity contribution in [3.8, 4) is 11.5 Å². The van der Waals surface area contributed by atoms with Gasteiger partial charge in [0.1, 0.15) is 12.1 Å². The summed E-state index contributed by atoms with van der Waals surface area (Å²) >= 11 is 0. The molecule has 3 heterocycles. The van der Waals surface area contributed by atoms with Crippen molar-refractivity contribution >= 4 is 5.82 Å². The van der Waals surface area contributed by atoms with Crippen LogP contribution in [0.15, 0.2) is 24.5 Å². The Morgan fingerprint density at radius 2 is 1.82 bits per heavy atom. The molecule has 0 aliphatic carbocycles. The van der Waals surface area contributed by atoms with E-state index < -0.39 is 0 Å². The van der Waals surface area contributed by atoms with Crippen molar-refractivity contribution in [2.45, 2.75) is 52.1 Å². The molecule has 1 aromatic heterocycles. The van der Waals surface area contributed by atoms with E-state index in [-0.39, 0.29) is 6.04 Å². The number of hydrogen-bond acceptors (Lipinski definition) is 7. The number of rotatable bonds is 9. The zero-order chi connectivity index (χ0) is 23.2. The molecule has 0 amide bonds. The second-order valence-corrected chi connectivity index (χ2v) is 9.03. The topological polar surface area (TPSA) is 54.0 Å². The molecule has 1 saturated heterocycles. The average Bonchev–Trinajstić information content (AvgIpc) is 2.87. The van der Waals surface area contributed by atoms with Gasteiger partial charge in [0.05, 0.1) is 19.9 Å². The Labute approximate surface area is 198 Å². The summed E-state index contributed by atoms with van der Waals surface area (Å²) in [5, 5.41) is 0. The summed E-state index contributed by atoms with van der Waals surface area (Å²) in [7, 11) is 3.42. The molecule has 1 unspecified atom stereocenters. The molecule has 7 heteroatoms. The lowest BCUT2D eigenvalue weighted by Crippen LogP contribution is -2.47. The smallest absolute Gasteiger partial charge is 0.165 e. The van der Waals surface area contributed by atoms with E-state index in [1.807, 2.05) is 6.07 Å². The molecule has 180 valence electrons. The SMILES string of the molecule is CCCCN1CCN(c2ncnc3c2CCN(C(CC)c2cccc(OC)c2OC)C3)CC1. The Bertz CT molecular complexity index is 914. The lowest BCUT2D eigenvalue weighted by atomic mass is 9.96. The van der Waals surface area contributed by atoms with Crippen LogP contribution in [0.5, 0.6) is 11.5 Å². The molecule has 1 atom stereocenters. The molecule has 2 aliphatic heterocycles. The third kappa shape index (κ3) is 5.09. The molecule has 0 saturated carbocycles. The standard InChI is InChI=1S/C26H39N5O2/c1-5-7-12-29-14-16-30(17-15-29)26-20-11-13-31(18-22(20)27-19-28-26)23(6-2)21-9-8-10-24(32-3)25(21)33-4/h8-10,19,23H,5-7,11-18H2,1-4H3. The summed E-state index contributed by atoms with van der Waals surface area (Å²) in [6, 6.07) is 6.43. The molecule has 7 nitrogen and oxygen atoms in total. The average molecular weight is 454 g/mol. The monoisotopic (exact) mass is 453 g/mol. The van der Waals surface area contributed by atoms with Gasteiger partial charge in [-0.15, -0.1) is 0 Å². The van der Waals surface area contributed by atoms with Crippen molar-refractivity contribution in [1.82, 2.24) is 19.8 Å². The van der Waals surface area contributed by atoms with Crippen molar-refractivity contribution in [3.05, 3.63) is 41.3 Å². The maximum absolute atomic E-state index is 5.75. The van der Waals surface area contributed by atoms with Crippen LogP contribution >= 0.6 is 0 Å². The van der Waals surface area contributed by atoms with E-state index in [1.165, 1.54) is 36.2 Å². The number of piperazine rings is 1. The van der Waals surface area contributed by atoms with E-state index in [0.29, 0.717) is 0 Å². The quantitative estimate of drug-likeness (QED) is 0.570. The number of methoxy groups -OCH3 is 2. The van der Waals surface area contributed by atoms with Crippen LogP contribution in [0.1, 0.15) is 56.0 Å². The third-order valence-electron chi connectivity index (χ3n) is 7.13. The summed E-state index contributed by atoms with van der Waals surface area (Å²) < 4.78 is 11.3. The number of ether oxygens (including phenoxy) is 2. The Hall–Kier alpha value is -2.38. The maximum atomic E-state index is 5.75. The van der Waals surface area contributed by atoms with Gasteiger partial charge in [-0.25, -0.2) is 9.97 Å². The number of anilines is 1.